The lowest BCUT2D eigenvalue weighted by Gasteiger charge is -2.29. The van der Waals surface area contributed by atoms with Crippen molar-refractivity contribution in [1.29, 1.82) is 0 Å². The Morgan fingerprint density at radius 3 is 2.35 bits per heavy atom. The van der Waals surface area contributed by atoms with Crippen LogP contribution in [0.3, 0.4) is 0 Å². The summed E-state index contributed by atoms with van der Waals surface area (Å²) in [7, 11) is 0. The van der Waals surface area contributed by atoms with E-state index >= 15 is 0 Å². The molecule has 1 heterocycles. The number of benzene rings is 1. The Hall–Kier alpha value is -1.06. The smallest absolute Gasteiger partial charge is 0.0494 e. The van der Waals surface area contributed by atoms with Gasteiger partial charge < -0.3 is 15.3 Å². The lowest BCUT2D eigenvalue weighted by molar-refractivity contribution is 0.156. The normalized spacial score (nSPS) is 16.4. The van der Waals surface area contributed by atoms with Gasteiger partial charge in [0.05, 0.1) is 0 Å². The molecular formula is C17H28N2O. The van der Waals surface area contributed by atoms with Crippen LogP contribution in [0.5, 0.6) is 0 Å². The van der Waals surface area contributed by atoms with E-state index in [-0.39, 0.29) is 12.0 Å². The molecule has 1 saturated heterocycles. The Morgan fingerprint density at radius 1 is 1.10 bits per heavy atom. The van der Waals surface area contributed by atoms with E-state index < -0.39 is 0 Å². The van der Waals surface area contributed by atoms with Gasteiger partial charge in [0.1, 0.15) is 0 Å². The first kappa shape index (κ1) is 15.3. The highest BCUT2D eigenvalue weighted by atomic mass is 16.3. The van der Waals surface area contributed by atoms with Gasteiger partial charge in [-0.1, -0.05) is 26.0 Å². The van der Waals surface area contributed by atoms with Crippen molar-refractivity contribution in [3.8, 4) is 0 Å². The van der Waals surface area contributed by atoms with E-state index in [2.05, 4.69) is 48.3 Å². The maximum Gasteiger partial charge on any atom is 0.0494 e. The molecule has 0 aromatic heterocycles. The minimum absolute atomic E-state index is 0.0479. The van der Waals surface area contributed by atoms with Crippen LogP contribution < -0.4 is 10.2 Å². The van der Waals surface area contributed by atoms with Crippen LogP contribution in [0.15, 0.2) is 24.3 Å². The summed E-state index contributed by atoms with van der Waals surface area (Å²) in [6, 6.07) is 8.89. The molecule has 2 N–H and O–H groups in total. The van der Waals surface area contributed by atoms with Gasteiger partial charge in [-0.3, -0.25) is 0 Å². The minimum atomic E-state index is -0.0479. The van der Waals surface area contributed by atoms with Gasteiger partial charge >= 0.3 is 0 Å². The number of nitrogens with zero attached hydrogens (tertiary/aromatic N) is 1. The van der Waals surface area contributed by atoms with Crippen molar-refractivity contribution in [1.82, 2.24) is 5.32 Å². The molecule has 1 aromatic rings. The molecule has 0 spiro atoms. The zero-order valence-corrected chi connectivity index (χ0v) is 12.9. The highest BCUT2D eigenvalue weighted by Gasteiger charge is 2.15. The summed E-state index contributed by atoms with van der Waals surface area (Å²) < 4.78 is 0. The molecule has 0 atom stereocenters. The average molecular weight is 276 g/mol. The van der Waals surface area contributed by atoms with Crippen molar-refractivity contribution in [3.63, 3.8) is 0 Å². The van der Waals surface area contributed by atoms with Crippen molar-refractivity contribution in [3.05, 3.63) is 29.8 Å². The monoisotopic (exact) mass is 276 g/mol. The van der Waals surface area contributed by atoms with Gasteiger partial charge in [-0.2, -0.15) is 0 Å². The summed E-state index contributed by atoms with van der Waals surface area (Å²) in [4.78, 5) is 2.48. The molecule has 0 bridgehead atoms. The Labute approximate surface area is 123 Å². The fourth-order valence-corrected chi connectivity index (χ4v) is 2.58. The number of aliphatic hydroxyl groups is 1. The molecule has 0 amide bonds. The Morgan fingerprint density at radius 2 is 1.75 bits per heavy atom. The van der Waals surface area contributed by atoms with Crippen molar-refractivity contribution in [2.75, 3.05) is 31.1 Å². The number of hydrogen-bond acceptors (Lipinski definition) is 3. The number of rotatable bonds is 6. The van der Waals surface area contributed by atoms with Gasteiger partial charge in [-0.25, -0.2) is 0 Å². The Bertz CT molecular complexity index is 394. The van der Waals surface area contributed by atoms with Crippen LogP contribution in [-0.2, 0) is 6.54 Å². The molecule has 2 rings (SSSR count). The van der Waals surface area contributed by atoms with E-state index in [9.17, 15) is 5.11 Å². The average Bonchev–Trinajstić information content (AvgIpc) is 2.49. The zero-order chi connectivity index (χ0) is 14.4. The topological polar surface area (TPSA) is 35.5 Å². The molecule has 1 aliphatic heterocycles. The van der Waals surface area contributed by atoms with Crippen molar-refractivity contribution < 1.29 is 5.11 Å². The summed E-state index contributed by atoms with van der Waals surface area (Å²) in [5.74, 6) is 0. The van der Waals surface area contributed by atoms with Crippen molar-refractivity contribution >= 4 is 5.69 Å². The molecule has 3 nitrogen and oxygen atoms in total. The van der Waals surface area contributed by atoms with Crippen molar-refractivity contribution in [2.24, 2.45) is 5.41 Å². The van der Waals surface area contributed by atoms with Gasteiger partial charge in [-0.15, -0.1) is 0 Å². The van der Waals surface area contributed by atoms with Crippen LogP contribution in [0.2, 0.25) is 0 Å². The molecule has 0 aliphatic carbocycles. The highest BCUT2D eigenvalue weighted by Crippen LogP contribution is 2.20. The summed E-state index contributed by atoms with van der Waals surface area (Å²) in [6.07, 6.45) is 4.01. The number of aliphatic hydroxyl groups excluding tert-OH is 1. The number of anilines is 1. The second kappa shape index (κ2) is 7.09. The maximum atomic E-state index is 9.23. The summed E-state index contributed by atoms with van der Waals surface area (Å²) in [6.45, 7) is 8.44. The van der Waals surface area contributed by atoms with E-state index in [0.717, 1.165) is 13.1 Å². The van der Waals surface area contributed by atoms with Crippen LogP contribution >= 0.6 is 0 Å². The maximum absolute atomic E-state index is 9.23. The zero-order valence-electron chi connectivity index (χ0n) is 12.9. The minimum Gasteiger partial charge on any atom is -0.396 e. The predicted molar refractivity (Wildman–Crippen MR) is 85.1 cm³/mol. The molecule has 0 unspecified atom stereocenters. The van der Waals surface area contributed by atoms with E-state index in [1.165, 1.54) is 43.6 Å². The van der Waals surface area contributed by atoms with Gasteiger partial charge in [0.15, 0.2) is 0 Å². The van der Waals surface area contributed by atoms with E-state index in [0.29, 0.717) is 0 Å². The molecule has 20 heavy (non-hydrogen) atoms. The van der Waals surface area contributed by atoms with Crippen LogP contribution in [0.1, 0.15) is 38.7 Å². The molecular weight excluding hydrogens is 248 g/mol. The number of hydrogen-bond donors (Lipinski definition) is 2. The molecule has 0 radical (unpaired) electrons. The van der Waals surface area contributed by atoms with Crippen LogP contribution in [0, 0.1) is 5.41 Å². The van der Waals surface area contributed by atoms with Crippen LogP contribution in [0.4, 0.5) is 5.69 Å². The van der Waals surface area contributed by atoms with Gasteiger partial charge in [0.2, 0.25) is 0 Å². The fraction of sp³-hybridized carbons (Fsp3) is 0.647. The summed E-state index contributed by atoms with van der Waals surface area (Å²) in [5, 5.41) is 12.6. The third-order valence-electron chi connectivity index (χ3n) is 4.02. The molecule has 1 aliphatic rings. The molecule has 1 fully saturated rings. The second-order valence-electron chi connectivity index (χ2n) is 6.64. The largest absolute Gasteiger partial charge is 0.396 e. The van der Waals surface area contributed by atoms with E-state index in [1.807, 2.05) is 0 Å². The third kappa shape index (κ3) is 4.50. The molecule has 0 saturated carbocycles. The quantitative estimate of drug-likeness (QED) is 0.838. The lowest BCUT2D eigenvalue weighted by atomic mass is 9.95. The number of nitrogens with one attached hydrogen (secondary N) is 1. The van der Waals surface area contributed by atoms with Gasteiger partial charge in [-0.05, 0) is 37.0 Å². The van der Waals surface area contributed by atoms with Crippen molar-refractivity contribution in [2.45, 2.75) is 39.7 Å². The first-order valence-corrected chi connectivity index (χ1v) is 7.76. The van der Waals surface area contributed by atoms with Gasteiger partial charge in [0, 0.05) is 43.9 Å². The summed E-state index contributed by atoms with van der Waals surface area (Å²) >= 11 is 0. The van der Waals surface area contributed by atoms with E-state index in [4.69, 9.17) is 0 Å². The Balaban J connectivity index is 1.82. The Kier molecular flexibility index (Phi) is 5.44. The van der Waals surface area contributed by atoms with Crippen LogP contribution in [-0.4, -0.2) is 31.3 Å². The fourth-order valence-electron chi connectivity index (χ4n) is 2.58. The van der Waals surface area contributed by atoms with E-state index in [1.54, 1.807) is 0 Å². The number of piperidine rings is 1. The first-order valence-electron chi connectivity index (χ1n) is 7.76. The standard InChI is InChI=1S/C17H28N2O/c1-17(2,14-20)13-18-12-15-6-8-16(9-7-15)19-10-4-3-5-11-19/h6-9,18,20H,3-5,10-14H2,1-2H3. The lowest BCUT2D eigenvalue weighted by Crippen LogP contribution is -2.32. The highest BCUT2D eigenvalue weighted by molar-refractivity contribution is 5.47. The third-order valence-corrected chi connectivity index (χ3v) is 4.02. The molecule has 1 aromatic carbocycles. The first-order chi connectivity index (χ1) is 9.61. The summed E-state index contributed by atoms with van der Waals surface area (Å²) in [5.41, 5.74) is 2.61. The second-order valence-corrected chi connectivity index (χ2v) is 6.64. The molecule has 3 heteroatoms. The van der Waals surface area contributed by atoms with Crippen LogP contribution in [0.25, 0.3) is 0 Å². The predicted octanol–water partition coefficient (Wildman–Crippen LogP) is 2.79. The SMILES string of the molecule is CC(C)(CO)CNCc1ccc(N2CCCCC2)cc1. The molecule has 112 valence electrons. The van der Waals surface area contributed by atoms with Gasteiger partial charge in [0.25, 0.3) is 0 Å².